The zero-order valence-electron chi connectivity index (χ0n) is 15.9. The van der Waals surface area contributed by atoms with Gasteiger partial charge in [0.15, 0.2) is 0 Å². The lowest BCUT2D eigenvalue weighted by Crippen LogP contribution is -2.42. The molecule has 1 aliphatic rings. The van der Waals surface area contributed by atoms with Gasteiger partial charge in [-0.05, 0) is 25.0 Å². The van der Waals surface area contributed by atoms with Crippen molar-refractivity contribution in [2.75, 3.05) is 6.54 Å². The third-order valence-corrected chi connectivity index (χ3v) is 5.67. The number of carbonyl (C=O) groups is 3. The Hall–Kier alpha value is -2.19. The van der Waals surface area contributed by atoms with Gasteiger partial charge in [0.05, 0.1) is 4.91 Å². The molecule has 2 N–H and O–H groups in total. The lowest BCUT2D eigenvalue weighted by atomic mass is 10.1. The van der Waals surface area contributed by atoms with E-state index in [1.54, 1.807) is 6.08 Å². The van der Waals surface area contributed by atoms with Gasteiger partial charge in [0.25, 0.3) is 5.91 Å². The molecular formula is C20H24N2O4S2. The van der Waals surface area contributed by atoms with Crippen molar-refractivity contribution in [1.82, 2.24) is 10.2 Å². The van der Waals surface area contributed by atoms with E-state index < -0.39 is 17.9 Å². The second-order valence-electron chi connectivity index (χ2n) is 6.59. The van der Waals surface area contributed by atoms with Crippen LogP contribution >= 0.6 is 24.0 Å². The Balaban J connectivity index is 1.94. The molecular weight excluding hydrogens is 396 g/mol. The van der Waals surface area contributed by atoms with Gasteiger partial charge in [-0.15, -0.1) is 0 Å². The number of aliphatic carboxylic acids is 1. The topological polar surface area (TPSA) is 86.7 Å². The van der Waals surface area contributed by atoms with E-state index >= 15 is 0 Å². The van der Waals surface area contributed by atoms with Crippen LogP contribution in [0.1, 0.15) is 43.7 Å². The molecule has 0 bridgehead atoms. The van der Waals surface area contributed by atoms with Gasteiger partial charge in [-0.3, -0.25) is 14.5 Å². The Morgan fingerprint density at radius 2 is 2.00 bits per heavy atom. The number of amides is 2. The molecule has 0 spiro atoms. The smallest absolute Gasteiger partial charge is 0.326 e. The molecule has 6 nitrogen and oxygen atoms in total. The first-order valence-electron chi connectivity index (χ1n) is 9.16. The summed E-state index contributed by atoms with van der Waals surface area (Å²) in [5.74, 6) is -1.68. The second kappa shape index (κ2) is 10.4. The summed E-state index contributed by atoms with van der Waals surface area (Å²) in [5, 5.41) is 11.7. The third-order valence-electron chi connectivity index (χ3n) is 4.29. The molecule has 1 saturated heterocycles. The minimum absolute atomic E-state index is 0.000155. The first kappa shape index (κ1) is 22.1. The number of aryl methyl sites for hydroxylation is 1. The molecule has 0 aliphatic carbocycles. The fraction of sp³-hybridized carbons (Fsp3) is 0.400. The van der Waals surface area contributed by atoms with E-state index in [2.05, 4.69) is 5.32 Å². The first-order valence-corrected chi connectivity index (χ1v) is 10.4. The number of nitrogens with one attached hydrogen (secondary N) is 1. The Labute approximate surface area is 174 Å². The zero-order chi connectivity index (χ0) is 20.7. The standard InChI is InChI=1S/C20H24N2O4S2/c1-3-4-5-15(19(25)26)21-17(23)10-11-22-18(24)16(28-20(22)27)12-14-8-6-13(2)7-9-14/h6-9,12,15H,3-5,10-11H2,1-2H3,(H,21,23)(H,25,26)/b16-12+/t15-/m1/s1. The molecule has 1 atom stereocenters. The molecule has 0 aromatic heterocycles. The van der Waals surface area contributed by atoms with Crippen LogP contribution in [0.15, 0.2) is 29.2 Å². The monoisotopic (exact) mass is 420 g/mol. The number of rotatable bonds is 9. The van der Waals surface area contributed by atoms with Gasteiger partial charge in [-0.1, -0.05) is 73.6 Å². The van der Waals surface area contributed by atoms with Gasteiger partial charge in [0.1, 0.15) is 10.4 Å². The number of thioether (sulfide) groups is 1. The molecule has 1 fully saturated rings. The molecule has 2 rings (SSSR count). The van der Waals surface area contributed by atoms with Gasteiger partial charge < -0.3 is 10.4 Å². The minimum atomic E-state index is -1.05. The van der Waals surface area contributed by atoms with Crippen molar-refractivity contribution >= 4 is 52.2 Å². The lowest BCUT2D eigenvalue weighted by molar-refractivity contribution is -0.142. The lowest BCUT2D eigenvalue weighted by Gasteiger charge is -2.17. The highest BCUT2D eigenvalue weighted by Gasteiger charge is 2.32. The van der Waals surface area contributed by atoms with E-state index in [1.165, 1.54) is 16.7 Å². The van der Waals surface area contributed by atoms with Crippen molar-refractivity contribution in [3.05, 3.63) is 40.3 Å². The number of carboxylic acid groups (broad SMARTS) is 1. The number of nitrogens with zero attached hydrogens (tertiary/aromatic N) is 1. The van der Waals surface area contributed by atoms with Crippen molar-refractivity contribution in [3.8, 4) is 0 Å². The molecule has 1 aromatic carbocycles. The van der Waals surface area contributed by atoms with Crippen LogP contribution < -0.4 is 5.32 Å². The first-order chi connectivity index (χ1) is 13.3. The maximum Gasteiger partial charge on any atom is 0.326 e. The number of carbonyl (C=O) groups excluding carboxylic acids is 2. The van der Waals surface area contributed by atoms with E-state index in [1.807, 2.05) is 38.1 Å². The summed E-state index contributed by atoms with van der Waals surface area (Å²) in [6.07, 6.45) is 3.74. The van der Waals surface area contributed by atoms with Crippen molar-refractivity contribution in [2.45, 2.75) is 45.6 Å². The van der Waals surface area contributed by atoms with Crippen LogP contribution in [0, 0.1) is 6.92 Å². The van der Waals surface area contributed by atoms with Crippen LogP contribution in [0.3, 0.4) is 0 Å². The molecule has 0 unspecified atom stereocenters. The highest BCUT2D eigenvalue weighted by atomic mass is 32.2. The highest BCUT2D eigenvalue weighted by Crippen LogP contribution is 2.32. The van der Waals surface area contributed by atoms with E-state index in [4.69, 9.17) is 12.2 Å². The fourth-order valence-electron chi connectivity index (χ4n) is 2.65. The summed E-state index contributed by atoms with van der Waals surface area (Å²) < 4.78 is 0.400. The summed E-state index contributed by atoms with van der Waals surface area (Å²) in [7, 11) is 0. The maximum absolute atomic E-state index is 12.6. The van der Waals surface area contributed by atoms with Crippen LogP contribution in [-0.4, -0.2) is 44.7 Å². The zero-order valence-corrected chi connectivity index (χ0v) is 17.6. The predicted octanol–water partition coefficient (Wildman–Crippen LogP) is 3.35. The number of unbranched alkanes of at least 4 members (excludes halogenated alkanes) is 1. The van der Waals surface area contributed by atoms with Crippen LogP contribution in [0.4, 0.5) is 0 Å². The predicted molar refractivity (Wildman–Crippen MR) is 115 cm³/mol. The number of hydrogen-bond donors (Lipinski definition) is 2. The summed E-state index contributed by atoms with van der Waals surface area (Å²) in [4.78, 5) is 37.9. The van der Waals surface area contributed by atoms with Gasteiger partial charge in [0.2, 0.25) is 5.91 Å². The minimum Gasteiger partial charge on any atom is -0.480 e. The third kappa shape index (κ3) is 6.17. The Morgan fingerprint density at radius 3 is 2.61 bits per heavy atom. The van der Waals surface area contributed by atoms with E-state index in [-0.39, 0.29) is 18.9 Å². The highest BCUT2D eigenvalue weighted by molar-refractivity contribution is 8.26. The molecule has 28 heavy (non-hydrogen) atoms. The van der Waals surface area contributed by atoms with Crippen molar-refractivity contribution in [3.63, 3.8) is 0 Å². The Bertz CT molecular complexity index is 790. The maximum atomic E-state index is 12.6. The molecule has 1 aliphatic heterocycles. The molecule has 0 radical (unpaired) electrons. The molecule has 150 valence electrons. The number of benzene rings is 1. The second-order valence-corrected chi connectivity index (χ2v) is 8.27. The Kier molecular flexibility index (Phi) is 8.19. The van der Waals surface area contributed by atoms with Gasteiger partial charge in [-0.2, -0.15) is 0 Å². The van der Waals surface area contributed by atoms with Crippen molar-refractivity contribution in [1.29, 1.82) is 0 Å². The van der Waals surface area contributed by atoms with Gasteiger partial charge in [0, 0.05) is 13.0 Å². The summed E-state index contributed by atoms with van der Waals surface area (Å²) >= 11 is 6.48. The molecule has 1 heterocycles. The van der Waals surface area contributed by atoms with Crippen molar-refractivity contribution < 1.29 is 19.5 Å². The van der Waals surface area contributed by atoms with E-state index in [0.717, 1.165) is 24.0 Å². The normalized spacial score (nSPS) is 16.5. The molecule has 1 aromatic rings. The van der Waals surface area contributed by atoms with Crippen LogP contribution in [0.2, 0.25) is 0 Å². The van der Waals surface area contributed by atoms with Crippen LogP contribution in [0.5, 0.6) is 0 Å². The average Bonchev–Trinajstić information content (AvgIpc) is 2.91. The van der Waals surface area contributed by atoms with Gasteiger partial charge in [-0.25, -0.2) is 4.79 Å². The summed E-state index contributed by atoms with van der Waals surface area (Å²) in [6, 6.07) is 6.89. The Morgan fingerprint density at radius 1 is 1.32 bits per heavy atom. The molecule has 8 heteroatoms. The SMILES string of the molecule is CCCC[C@@H](NC(=O)CCN1C(=O)/C(=C\c2ccc(C)cc2)SC1=S)C(=O)O. The fourth-order valence-corrected chi connectivity index (χ4v) is 3.96. The number of thiocarbonyl (C=S) groups is 1. The quantitative estimate of drug-likeness (QED) is 0.471. The van der Waals surface area contributed by atoms with Crippen molar-refractivity contribution in [2.24, 2.45) is 0 Å². The van der Waals surface area contributed by atoms with Crippen LogP contribution in [-0.2, 0) is 14.4 Å². The molecule has 0 saturated carbocycles. The summed E-state index contributed by atoms with van der Waals surface area (Å²) in [6.45, 7) is 4.08. The molecule has 2 amide bonds. The summed E-state index contributed by atoms with van der Waals surface area (Å²) in [5.41, 5.74) is 2.04. The van der Waals surface area contributed by atoms with Crippen LogP contribution in [0.25, 0.3) is 6.08 Å². The number of carboxylic acids is 1. The average molecular weight is 421 g/mol. The number of hydrogen-bond acceptors (Lipinski definition) is 5. The largest absolute Gasteiger partial charge is 0.480 e. The van der Waals surface area contributed by atoms with E-state index in [9.17, 15) is 19.5 Å². The van der Waals surface area contributed by atoms with Gasteiger partial charge >= 0.3 is 5.97 Å². The van der Waals surface area contributed by atoms with E-state index in [0.29, 0.717) is 15.6 Å².